The quantitative estimate of drug-likeness (QED) is 0.190. The van der Waals surface area contributed by atoms with Crippen molar-refractivity contribution in [1.29, 1.82) is 5.41 Å². The Labute approximate surface area is 200 Å². The van der Waals surface area contributed by atoms with E-state index in [2.05, 4.69) is 10.3 Å². The Morgan fingerprint density at radius 3 is 2.50 bits per heavy atom. The Balaban J connectivity index is 1.67. The van der Waals surface area contributed by atoms with E-state index in [0.717, 1.165) is 22.9 Å². The molecule has 0 saturated heterocycles. The maximum atomic E-state index is 13.7. The van der Waals surface area contributed by atoms with Gasteiger partial charge in [0, 0.05) is 29.3 Å². The molecule has 0 aliphatic rings. The van der Waals surface area contributed by atoms with E-state index in [-0.39, 0.29) is 17.3 Å². The number of rotatable bonds is 7. The van der Waals surface area contributed by atoms with Crippen molar-refractivity contribution in [3.8, 4) is 16.9 Å². The highest BCUT2D eigenvalue weighted by molar-refractivity contribution is 6.30. The maximum absolute atomic E-state index is 13.7. The van der Waals surface area contributed by atoms with Crippen LogP contribution in [0.1, 0.15) is 5.56 Å². The first kappa shape index (κ1) is 22.9. The number of hydrogen-bond donors (Lipinski definition) is 2. The summed E-state index contributed by atoms with van der Waals surface area (Å²) in [6.07, 6.45) is 5.63. The number of amides is 1. The van der Waals surface area contributed by atoms with Crippen molar-refractivity contribution in [3.05, 3.63) is 108 Å². The highest BCUT2D eigenvalue weighted by Gasteiger charge is 2.19. The first-order valence-corrected chi connectivity index (χ1v) is 10.7. The fourth-order valence-corrected chi connectivity index (χ4v) is 3.45. The minimum atomic E-state index is -0.556. The summed E-state index contributed by atoms with van der Waals surface area (Å²) in [5, 5.41) is 11.2. The van der Waals surface area contributed by atoms with E-state index < -0.39 is 5.91 Å². The number of hydrogen-bond acceptors (Lipinski definition) is 4. The molecule has 4 rings (SSSR count). The molecule has 170 valence electrons. The van der Waals surface area contributed by atoms with Crippen molar-refractivity contribution in [2.45, 2.75) is 6.92 Å². The smallest absolute Gasteiger partial charge is 0.293 e. The zero-order chi connectivity index (χ0) is 24.1. The van der Waals surface area contributed by atoms with Gasteiger partial charge in [0.1, 0.15) is 17.3 Å². The molecule has 0 radical (unpaired) electrons. The minimum absolute atomic E-state index is 0.0994. The maximum Gasteiger partial charge on any atom is 0.293 e. The molecule has 6 nitrogen and oxygen atoms in total. The van der Waals surface area contributed by atoms with Gasteiger partial charge in [-0.1, -0.05) is 29.8 Å². The average Bonchev–Trinajstić information content (AvgIpc) is 3.37. The molecular formula is C26H20ClFN4O2. The zero-order valence-electron chi connectivity index (χ0n) is 18.1. The summed E-state index contributed by atoms with van der Waals surface area (Å²) in [4.78, 5) is 17.1. The van der Waals surface area contributed by atoms with E-state index in [0.29, 0.717) is 16.5 Å². The van der Waals surface area contributed by atoms with Gasteiger partial charge in [0.25, 0.3) is 5.91 Å². The van der Waals surface area contributed by atoms with Crippen LogP contribution in [0.15, 0.2) is 91.2 Å². The highest BCUT2D eigenvalue weighted by atomic mass is 35.5. The fraction of sp³-hybridized carbons (Fsp3) is 0.0385. The van der Waals surface area contributed by atoms with E-state index in [1.54, 1.807) is 60.8 Å². The van der Waals surface area contributed by atoms with Crippen molar-refractivity contribution in [2.24, 2.45) is 0 Å². The highest BCUT2D eigenvalue weighted by Crippen LogP contribution is 2.28. The van der Waals surface area contributed by atoms with Crippen LogP contribution in [-0.2, 0) is 4.79 Å². The third kappa shape index (κ3) is 5.22. The standard InChI is InChI=1S/C26H20ClFN4O2/c1-17-2-7-20(28)14-23(17)18-3-10-22(11-4-18)34-25(24(15-29)32-13-12-30-16-32)26(33)31-21-8-5-19(27)6-9-21/h2-16,29H,1H3,(H,31,33)/b25-24-,29-15?. The number of nitrogens with zero attached hydrogens (tertiary/aromatic N) is 2. The average molecular weight is 475 g/mol. The van der Waals surface area contributed by atoms with Crippen molar-refractivity contribution < 1.29 is 13.9 Å². The third-order valence-electron chi connectivity index (χ3n) is 5.05. The summed E-state index contributed by atoms with van der Waals surface area (Å²) in [7, 11) is 0. The molecule has 0 spiro atoms. The molecule has 1 amide bonds. The van der Waals surface area contributed by atoms with E-state index in [4.69, 9.17) is 21.7 Å². The van der Waals surface area contributed by atoms with Crippen molar-refractivity contribution >= 4 is 35.1 Å². The van der Waals surface area contributed by atoms with E-state index >= 15 is 0 Å². The molecule has 0 aliphatic heterocycles. The van der Waals surface area contributed by atoms with Crippen LogP contribution in [0.4, 0.5) is 10.1 Å². The summed E-state index contributed by atoms with van der Waals surface area (Å²) in [5.41, 5.74) is 3.21. The molecular weight excluding hydrogens is 455 g/mol. The topological polar surface area (TPSA) is 80.0 Å². The van der Waals surface area contributed by atoms with E-state index in [1.807, 2.05) is 6.92 Å². The molecule has 0 saturated carbocycles. The molecule has 0 unspecified atom stereocenters. The molecule has 0 fully saturated rings. The normalized spacial score (nSPS) is 11.5. The number of halogens is 2. The molecule has 0 aliphatic carbocycles. The predicted molar refractivity (Wildman–Crippen MR) is 132 cm³/mol. The first-order valence-electron chi connectivity index (χ1n) is 10.3. The van der Waals surface area contributed by atoms with Crippen LogP contribution < -0.4 is 10.1 Å². The lowest BCUT2D eigenvalue weighted by molar-refractivity contribution is -0.114. The Kier molecular flexibility index (Phi) is 6.85. The lowest BCUT2D eigenvalue weighted by atomic mass is 10.0. The van der Waals surface area contributed by atoms with Gasteiger partial charge in [0.05, 0.1) is 6.33 Å². The molecule has 0 bridgehead atoms. The Hall–Kier alpha value is -4.23. The second-order valence-corrected chi connectivity index (χ2v) is 7.81. The monoisotopic (exact) mass is 474 g/mol. The number of anilines is 1. The van der Waals surface area contributed by atoms with Gasteiger partial charge in [0.2, 0.25) is 5.76 Å². The van der Waals surface area contributed by atoms with Gasteiger partial charge in [-0.2, -0.15) is 0 Å². The van der Waals surface area contributed by atoms with Crippen LogP contribution >= 0.6 is 11.6 Å². The molecule has 1 aromatic heterocycles. The fourth-order valence-electron chi connectivity index (χ4n) is 3.32. The van der Waals surface area contributed by atoms with Gasteiger partial charge < -0.3 is 20.0 Å². The number of carbonyl (C=O) groups is 1. The van der Waals surface area contributed by atoms with Crippen LogP contribution in [-0.4, -0.2) is 21.7 Å². The van der Waals surface area contributed by atoms with Gasteiger partial charge in [-0.15, -0.1) is 0 Å². The van der Waals surface area contributed by atoms with Gasteiger partial charge >= 0.3 is 0 Å². The van der Waals surface area contributed by atoms with Crippen molar-refractivity contribution in [3.63, 3.8) is 0 Å². The second-order valence-electron chi connectivity index (χ2n) is 7.38. The van der Waals surface area contributed by atoms with Gasteiger partial charge in [0.15, 0.2) is 0 Å². The lowest BCUT2D eigenvalue weighted by Crippen LogP contribution is -2.21. The number of aromatic nitrogens is 2. The van der Waals surface area contributed by atoms with Gasteiger partial charge in [-0.25, -0.2) is 9.37 Å². The number of ether oxygens (including phenoxy) is 1. The summed E-state index contributed by atoms with van der Waals surface area (Å²) in [5.74, 6) is -0.600. The van der Waals surface area contributed by atoms with Crippen molar-refractivity contribution in [1.82, 2.24) is 9.55 Å². The number of benzene rings is 3. The predicted octanol–water partition coefficient (Wildman–Crippen LogP) is 6.19. The number of imidazole rings is 1. The lowest BCUT2D eigenvalue weighted by Gasteiger charge is -2.15. The number of aryl methyl sites for hydroxylation is 1. The Morgan fingerprint density at radius 2 is 1.85 bits per heavy atom. The molecule has 0 atom stereocenters. The van der Waals surface area contributed by atoms with Crippen LogP contribution in [0.25, 0.3) is 16.8 Å². The molecule has 1 heterocycles. The van der Waals surface area contributed by atoms with E-state index in [9.17, 15) is 9.18 Å². The first-order chi connectivity index (χ1) is 16.4. The molecule has 34 heavy (non-hydrogen) atoms. The summed E-state index contributed by atoms with van der Waals surface area (Å²) in [6.45, 7) is 1.91. The molecule has 4 aromatic rings. The number of allylic oxidation sites excluding steroid dienone is 1. The SMILES string of the molecule is Cc1ccc(F)cc1-c1ccc(O/C(C(=O)Nc2ccc(Cl)cc2)=C(/C=N)n2ccnc2)cc1. The summed E-state index contributed by atoms with van der Waals surface area (Å²) < 4.78 is 21.2. The Morgan fingerprint density at radius 1 is 1.12 bits per heavy atom. The third-order valence-corrected chi connectivity index (χ3v) is 5.30. The van der Waals surface area contributed by atoms with Crippen LogP contribution in [0.2, 0.25) is 5.02 Å². The summed E-state index contributed by atoms with van der Waals surface area (Å²) in [6, 6.07) is 18.2. The van der Waals surface area contributed by atoms with Crippen LogP contribution in [0.3, 0.4) is 0 Å². The number of nitrogens with one attached hydrogen (secondary N) is 2. The molecule has 8 heteroatoms. The second kappa shape index (κ2) is 10.1. The van der Waals surface area contributed by atoms with Gasteiger partial charge in [-0.3, -0.25) is 4.79 Å². The Bertz CT molecular complexity index is 1350. The van der Waals surface area contributed by atoms with Crippen molar-refractivity contribution in [2.75, 3.05) is 5.32 Å². The van der Waals surface area contributed by atoms with Gasteiger partial charge in [-0.05, 0) is 72.1 Å². The number of carbonyl (C=O) groups excluding carboxylic acids is 1. The van der Waals surface area contributed by atoms with Crippen LogP contribution in [0.5, 0.6) is 5.75 Å². The van der Waals surface area contributed by atoms with E-state index in [1.165, 1.54) is 29.2 Å². The largest absolute Gasteiger partial charge is 0.449 e. The van der Waals surface area contributed by atoms with Crippen LogP contribution in [0, 0.1) is 18.2 Å². The molecule has 2 N–H and O–H groups in total. The zero-order valence-corrected chi connectivity index (χ0v) is 18.9. The summed E-state index contributed by atoms with van der Waals surface area (Å²) >= 11 is 5.93. The minimum Gasteiger partial charge on any atom is -0.449 e. The molecule has 3 aromatic carbocycles.